The van der Waals surface area contributed by atoms with Crippen LogP contribution in [-0.2, 0) is 4.74 Å². The van der Waals surface area contributed by atoms with E-state index in [0.29, 0.717) is 12.1 Å². The molecule has 1 heterocycles. The van der Waals surface area contributed by atoms with Crippen molar-refractivity contribution in [3.63, 3.8) is 0 Å². The highest BCUT2D eigenvalue weighted by atomic mass is 16.5. The molecule has 2 rings (SSSR count). The Hall–Kier alpha value is -0.860. The lowest BCUT2D eigenvalue weighted by molar-refractivity contribution is -0.00815. The number of hydrogen-bond acceptors (Lipinski definition) is 2. The smallest absolute Gasteiger partial charge is 0.0769 e. The zero-order valence-corrected chi connectivity index (χ0v) is 10.7. The average Bonchev–Trinajstić information content (AvgIpc) is 2.42. The molecule has 94 valence electrons. The summed E-state index contributed by atoms with van der Waals surface area (Å²) in [5, 5.41) is 3.63. The molecule has 1 fully saturated rings. The number of ether oxygens (including phenoxy) is 1. The van der Waals surface area contributed by atoms with Gasteiger partial charge in [0.05, 0.1) is 12.1 Å². The zero-order valence-electron chi connectivity index (χ0n) is 10.7. The van der Waals surface area contributed by atoms with Crippen molar-refractivity contribution in [2.45, 2.75) is 44.8 Å². The molecule has 1 N–H and O–H groups in total. The Kier molecular flexibility index (Phi) is 5.02. The Morgan fingerprint density at radius 2 is 2.12 bits per heavy atom. The van der Waals surface area contributed by atoms with Crippen LogP contribution in [0.2, 0.25) is 0 Å². The van der Waals surface area contributed by atoms with E-state index in [4.69, 9.17) is 4.74 Å². The van der Waals surface area contributed by atoms with E-state index in [1.54, 1.807) is 0 Å². The number of nitrogens with one attached hydrogen (secondary N) is 1. The van der Waals surface area contributed by atoms with Crippen LogP contribution in [0.15, 0.2) is 30.3 Å². The lowest BCUT2D eigenvalue weighted by atomic mass is 9.95. The van der Waals surface area contributed by atoms with Crippen molar-refractivity contribution in [3.05, 3.63) is 35.9 Å². The van der Waals surface area contributed by atoms with Crippen LogP contribution in [0, 0.1) is 0 Å². The molecule has 0 spiro atoms. The monoisotopic (exact) mass is 233 g/mol. The van der Waals surface area contributed by atoms with Crippen LogP contribution in [0.4, 0.5) is 0 Å². The summed E-state index contributed by atoms with van der Waals surface area (Å²) in [6.45, 7) is 4.18. The minimum Gasteiger partial charge on any atom is -0.376 e. The number of hydrogen-bond donors (Lipinski definition) is 1. The standard InChI is InChI=1S/C15H23NO/c1-2-11-16-15(13-8-4-3-5-9-13)14-10-6-7-12-17-14/h3-5,8-9,14-16H,2,6-7,10-12H2,1H3. The van der Waals surface area contributed by atoms with Crippen LogP contribution in [-0.4, -0.2) is 19.3 Å². The Balaban J connectivity index is 2.06. The third-order valence-electron chi connectivity index (χ3n) is 3.36. The molecule has 1 aromatic rings. The molecular weight excluding hydrogens is 210 g/mol. The molecule has 17 heavy (non-hydrogen) atoms. The van der Waals surface area contributed by atoms with Gasteiger partial charge in [0, 0.05) is 6.61 Å². The summed E-state index contributed by atoms with van der Waals surface area (Å²) in [4.78, 5) is 0. The Labute approximate surface area is 104 Å². The van der Waals surface area contributed by atoms with Crippen LogP contribution in [0.3, 0.4) is 0 Å². The van der Waals surface area contributed by atoms with Gasteiger partial charge in [0.1, 0.15) is 0 Å². The van der Waals surface area contributed by atoms with E-state index in [9.17, 15) is 0 Å². The van der Waals surface area contributed by atoms with Crippen molar-refractivity contribution >= 4 is 0 Å². The Morgan fingerprint density at radius 1 is 1.29 bits per heavy atom. The van der Waals surface area contributed by atoms with Gasteiger partial charge in [-0.25, -0.2) is 0 Å². The number of benzene rings is 1. The van der Waals surface area contributed by atoms with E-state index in [0.717, 1.165) is 19.6 Å². The molecule has 0 aromatic heterocycles. The van der Waals surface area contributed by atoms with Gasteiger partial charge in [-0.2, -0.15) is 0 Å². The van der Waals surface area contributed by atoms with Crippen LogP contribution >= 0.6 is 0 Å². The van der Waals surface area contributed by atoms with Gasteiger partial charge in [0.2, 0.25) is 0 Å². The normalized spacial score (nSPS) is 22.3. The maximum Gasteiger partial charge on any atom is 0.0769 e. The van der Waals surface area contributed by atoms with Gasteiger partial charge in [-0.05, 0) is 37.8 Å². The van der Waals surface area contributed by atoms with Crippen LogP contribution < -0.4 is 5.32 Å². The topological polar surface area (TPSA) is 21.3 Å². The van der Waals surface area contributed by atoms with Crippen molar-refractivity contribution < 1.29 is 4.74 Å². The highest BCUT2D eigenvalue weighted by molar-refractivity contribution is 5.20. The Morgan fingerprint density at radius 3 is 2.76 bits per heavy atom. The first-order chi connectivity index (χ1) is 8.42. The van der Waals surface area contributed by atoms with Crippen LogP contribution in [0.5, 0.6) is 0 Å². The summed E-state index contributed by atoms with van der Waals surface area (Å²) in [7, 11) is 0. The molecule has 1 saturated heterocycles. The summed E-state index contributed by atoms with van der Waals surface area (Å²) in [6, 6.07) is 11.0. The average molecular weight is 233 g/mol. The second kappa shape index (κ2) is 6.77. The first-order valence-electron chi connectivity index (χ1n) is 6.81. The van der Waals surface area contributed by atoms with Gasteiger partial charge in [0.15, 0.2) is 0 Å². The molecule has 1 aromatic carbocycles. The van der Waals surface area contributed by atoms with E-state index >= 15 is 0 Å². The lowest BCUT2D eigenvalue weighted by Crippen LogP contribution is -2.36. The molecule has 1 aliphatic heterocycles. The first-order valence-corrected chi connectivity index (χ1v) is 6.81. The minimum atomic E-state index is 0.345. The van der Waals surface area contributed by atoms with Crippen LogP contribution in [0.1, 0.15) is 44.2 Å². The maximum absolute atomic E-state index is 5.93. The predicted octanol–water partition coefficient (Wildman–Crippen LogP) is 3.30. The van der Waals surface area contributed by atoms with E-state index in [-0.39, 0.29) is 0 Å². The van der Waals surface area contributed by atoms with Crippen molar-refractivity contribution in [2.75, 3.05) is 13.2 Å². The maximum atomic E-state index is 5.93. The molecule has 1 aliphatic rings. The highest BCUT2D eigenvalue weighted by Crippen LogP contribution is 2.26. The summed E-state index contributed by atoms with van der Waals surface area (Å²) in [5.74, 6) is 0. The largest absolute Gasteiger partial charge is 0.376 e. The van der Waals surface area contributed by atoms with Gasteiger partial charge in [-0.1, -0.05) is 37.3 Å². The van der Waals surface area contributed by atoms with Crippen molar-refractivity contribution in [1.29, 1.82) is 0 Å². The van der Waals surface area contributed by atoms with Crippen molar-refractivity contribution in [2.24, 2.45) is 0 Å². The lowest BCUT2D eigenvalue weighted by Gasteiger charge is -2.31. The fraction of sp³-hybridized carbons (Fsp3) is 0.600. The fourth-order valence-electron chi connectivity index (χ4n) is 2.45. The first kappa shape index (κ1) is 12.6. The highest BCUT2D eigenvalue weighted by Gasteiger charge is 2.24. The zero-order chi connectivity index (χ0) is 11.9. The third-order valence-corrected chi connectivity index (χ3v) is 3.36. The predicted molar refractivity (Wildman–Crippen MR) is 71.1 cm³/mol. The summed E-state index contributed by atoms with van der Waals surface area (Å²) < 4.78 is 5.93. The number of rotatable bonds is 5. The summed E-state index contributed by atoms with van der Waals surface area (Å²) >= 11 is 0. The second-order valence-electron chi connectivity index (χ2n) is 4.75. The van der Waals surface area contributed by atoms with Gasteiger partial charge < -0.3 is 10.1 Å². The quantitative estimate of drug-likeness (QED) is 0.842. The van der Waals surface area contributed by atoms with E-state index in [1.807, 2.05) is 0 Å². The van der Waals surface area contributed by atoms with Crippen molar-refractivity contribution in [3.8, 4) is 0 Å². The van der Waals surface area contributed by atoms with E-state index in [1.165, 1.54) is 24.8 Å². The molecule has 0 bridgehead atoms. The van der Waals surface area contributed by atoms with E-state index < -0.39 is 0 Å². The summed E-state index contributed by atoms with van der Waals surface area (Å²) in [6.07, 6.45) is 5.19. The molecular formula is C15H23NO. The summed E-state index contributed by atoms with van der Waals surface area (Å²) in [5.41, 5.74) is 1.35. The minimum absolute atomic E-state index is 0.345. The van der Waals surface area contributed by atoms with Crippen LogP contribution in [0.25, 0.3) is 0 Å². The van der Waals surface area contributed by atoms with Gasteiger partial charge in [-0.3, -0.25) is 0 Å². The van der Waals surface area contributed by atoms with Gasteiger partial charge in [0.25, 0.3) is 0 Å². The molecule has 0 amide bonds. The Bertz CT molecular complexity index is 306. The molecule has 2 heteroatoms. The molecule has 2 unspecified atom stereocenters. The SMILES string of the molecule is CCCNC(c1ccccc1)C1CCCCO1. The second-order valence-corrected chi connectivity index (χ2v) is 4.75. The van der Waals surface area contributed by atoms with Gasteiger partial charge in [-0.15, -0.1) is 0 Å². The molecule has 0 saturated carbocycles. The molecule has 2 atom stereocenters. The third kappa shape index (κ3) is 3.55. The fourth-order valence-corrected chi connectivity index (χ4v) is 2.45. The van der Waals surface area contributed by atoms with Gasteiger partial charge >= 0.3 is 0 Å². The van der Waals surface area contributed by atoms with Crippen molar-refractivity contribution in [1.82, 2.24) is 5.32 Å². The molecule has 0 radical (unpaired) electrons. The molecule has 2 nitrogen and oxygen atoms in total. The van der Waals surface area contributed by atoms with E-state index in [2.05, 4.69) is 42.6 Å². The molecule has 0 aliphatic carbocycles.